The molecule has 0 saturated heterocycles. The van der Waals surface area contributed by atoms with E-state index in [-0.39, 0.29) is 0 Å². The van der Waals surface area contributed by atoms with E-state index in [2.05, 4.69) is 20.0 Å². The minimum absolute atomic E-state index is 0.591. The zero-order valence-electron chi connectivity index (χ0n) is 16.5. The van der Waals surface area contributed by atoms with Crippen LogP contribution >= 0.6 is 0 Å². The van der Waals surface area contributed by atoms with Crippen molar-refractivity contribution >= 4 is 24.3 Å². The van der Waals surface area contributed by atoms with Crippen LogP contribution in [0.3, 0.4) is 0 Å². The first-order valence-corrected chi connectivity index (χ1v) is 10.1. The molecule has 0 bridgehead atoms. The molecule has 154 valence electrons. The maximum Gasteiger partial charge on any atom is 0.237 e. The molecule has 0 saturated carbocycles. The summed E-state index contributed by atoms with van der Waals surface area (Å²) >= 11 is 0. The van der Waals surface area contributed by atoms with Gasteiger partial charge in [-0.25, -0.2) is 19.2 Å². The fraction of sp³-hybridized carbons (Fsp3) is 0.800. The maximum absolute atomic E-state index is 10.2. The van der Waals surface area contributed by atoms with Crippen LogP contribution in [-0.4, -0.2) is 36.7 Å². The van der Waals surface area contributed by atoms with Crippen LogP contribution in [0.4, 0.5) is 0 Å². The Kier molecular flexibility index (Phi) is 19.0. The van der Waals surface area contributed by atoms with Crippen molar-refractivity contribution in [2.45, 2.75) is 102 Å². The number of isocyanates is 4. The minimum atomic E-state index is -0.614. The van der Waals surface area contributed by atoms with E-state index in [4.69, 9.17) is 0 Å². The summed E-state index contributed by atoms with van der Waals surface area (Å²) in [5.41, 5.74) is 0. The molecule has 0 aromatic carbocycles. The average Bonchev–Trinajstić information content (AvgIpc) is 2.68. The summed E-state index contributed by atoms with van der Waals surface area (Å²) in [7, 11) is 0. The number of unbranched alkanes of at least 4 members (excludes halogenated alkanes) is 11. The molecule has 0 fully saturated rings. The number of rotatable bonds is 19. The van der Waals surface area contributed by atoms with Gasteiger partial charge in [0.05, 0.1) is 0 Å². The van der Waals surface area contributed by atoms with E-state index in [0.29, 0.717) is 12.8 Å². The van der Waals surface area contributed by atoms with E-state index >= 15 is 0 Å². The summed E-state index contributed by atoms with van der Waals surface area (Å²) < 4.78 is 0. The summed E-state index contributed by atoms with van der Waals surface area (Å²) in [5, 5.41) is 0. The molecule has 0 aromatic heterocycles. The number of carbonyl (C=O) groups excluding carboxylic acids is 4. The van der Waals surface area contributed by atoms with Crippen LogP contribution in [0.1, 0.15) is 89.9 Å². The van der Waals surface area contributed by atoms with E-state index in [1.807, 2.05) is 0 Å². The van der Waals surface area contributed by atoms with Crippen LogP contribution in [0.25, 0.3) is 0 Å². The monoisotopic (exact) mass is 390 g/mol. The summed E-state index contributed by atoms with van der Waals surface area (Å²) in [5.74, 6) is 0. The number of aliphatic imine (C=N–C) groups is 4. The Hall–Kier alpha value is -2.48. The standard InChI is InChI=1S/C20H30N4O4/c25-15-21-19(22-16-26)13-11-9-7-5-3-1-2-4-6-8-10-12-14-20(23-17-27)24-18-28/h19-20H,1-14H2. The topological polar surface area (TPSA) is 118 Å². The van der Waals surface area contributed by atoms with Crippen LogP contribution in [0.15, 0.2) is 20.0 Å². The van der Waals surface area contributed by atoms with Crippen molar-refractivity contribution in [1.82, 2.24) is 0 Å². The maximum atomic E-state index is 10.2. The van der Waals surface area contributed by atoms with Crippen LogP contribution < -0.4 is 0 Å². The van der Waals surface area contributed by atoms with Crippen molar-refractivity contribution in [3.63, 3.8) is 0 Å². The molecule has 8 heteroatoms. The molecule has 0 aliphatic heterocycles. The van der Waals surface area contributed by atoms with Gasteiger partial charge < -0.3 is 0 Å². The van der Waals surface area contributed by atoms with Gasteiger partial charge in [0.15, 0.2) is 12.3 Å². The highest BCUT2D eigenvalue weighted by Gasteiger charge is 2.04. The Bertz CT molecular complexity index is 497. The Labute approximate surface area is 166 Å². The van der Waals surface area contributed by atoms with Gasteiger partial charge in [-0.1, -0.05) is 64.2 Å². The fourth-order valence-corrected chi connectivity index (χ4v) is 2.98. The fourth-order valence-electron chi connectivity index (χ4n) is 2.98. The molecule has 8 nitrogen and oxygen atoms in total. The smallest absolute Gasteiger partial charge is 0.211 e. The van der Waals surface area contributed by atoms with E-state index in [1.165, 1.54) is 62.8 Å². The van der Waals surface area contributed by atoms with Crippen molar-refractivity contribution in [3.8, 4) is 0 Å². The van der Waals surface area contributed by atoms with E-state index in [1.54, 1.807) is 0 Å². The first-order valence-electron chi connectivity index (χ1n) is 10.1. The Balaban J connectivity index is 3.42. The molecule has 0 heterocycles. The molecular weight excluding hydrogens is 360 g/mol. The Morgan fingerprint density at radius 1 is 0.393 bits per heavy atom. The molecule has 0 aromatic rings. The molecule has 0 aliphatic carbocycles. The largest absolute Gasteiger partial charge is 0.237 e. The summed E-state index contributed by atoms with van der Waals surface area (Å²) in [4.78, 5) is 54.6. The molecule has 28 heavy (non-hydrogen) atoms. The van der Waals surface area contributed by atoms with Gasteiger partial charge in [-0.05, 0) is 25.7 Å². The number of hydrogen-bond acceptors (Lipinski definition) is 8. The molecule has 0 unspecified atom stereocenters. The van der Waals surface area contributed by atoms with Gasteiger partial charge in [-0.15, -0.1) is 0 Å². The van der Waals surface area contributed by atoms with Crippen molar-refractivity contribution < 1.29 is 19.2 Å². The summed E-state index contributed by atoms with van der Waals surface area (Å²) in [6, 6.07) is 0. The third kappa shape index (κ3) is 17.0. The third-order valence-electron chi connectivity index (χ3n) is 4.48. The van der Waals surface area contributed by atoms with Gasteiger partial charge in [0.2, 0.25) is 24.3 Å². The third-order valence-corrected chi connectivity index (χ3v) is 4.48. The molecule has 0 N–H and O–H groups in total. The highest BCUT2D eigenvalue weighted by Crippen LogP contribution is 2.14. The van der Waals surface area contributed by atoms with Crippen molar-refractivity contribution in [2.24, 2.45) is 20.0 Å². The quantitative estimate of drug-likeness (QED) is 0.184. The minimum Gasteiger partial charge on any atom is -0.211 e. The second-order valence-corrected chi connectivity index (χ2v) is 6.66. The van der Waals surface area contributed by atoms with E-state index in [9.17, 15) is 19.2 Å². The first-order chi connectivity index (χ1) is 13.8. The van der Waals surface area contributed by atoms with Crippen molar-refractivity contribution in [1.29, 1.82) is 0 Å². The second kappa shape index (κ2) is 20.8. The molecule has 0 radical (unpaired) electrons. The highest BCUT2D eigenvalue weighted by atomic mass is 16.1. The van der Waals surface area contributed by atoms with Gasteiger partial charge in [0.1, 0.15) is 0 Å². The predicted molar refractivity (Wildman–Crippen MR) is 105 cm³/mol. The van der Waals surface area contributed by atoms with Gasteiger partial charge in [-0.2, -0.15) is 20.0 Å². The van der Waals surface area contributed by atoms with Crippen molar-refractivity contribution in [3.05, 3.63) is 0 Å². The molecule has 0 aliphatic rings. The lowest BCUT2D eigenvalue weighted by atomic mass is 10.0. The van der Waals surface area contributed by atoms with Gasteiger partial charge in [0.25, 0.3) is 0 Å². The highest BCUT2D eigenvalue weighted by molar-refractivity contribution is 5.37. The van der Waals surface area contributed by atoms with E-state index in [0.717, 1.165) is 38.5 Å². The molecule has 0 spiro atoms. The van der Waals surface area contributed by atoms with Crippen LogP contribution in [0, 0.1) is 0 Å². The first kappa shape index (κ1) is 25.5. The van der Waals surface area contributed by atoms with Crippen LogP contribution in [0.5, 0.6) is 0 Å². The zero-order valence-corrected chi connectivity index (χ0v) is 16.5. The van der Waals surface area contributed by atoms with Gasteiger partial charge in [-0.3, -0.25) is 0 Å². The van der Waals surface area contributed by atoms with Crippen LogP contribution in [-0.2, 0) is 19.2 Å². The SMILES string of the molecule is O=C=NC(CCCCCCCCCCCCCCC(N=C=O)N=C=O)N=C=O. The van der Waals surface area contributed by atoms with Crippen LogP contribution in [0.2, 0.25) is 0 Å². The number of hydrogen-bond donors (Lipinski definition) is 0. The van der Waals surface area contributed by atoms with Crippen molar-refractivity contribution in [2.75, 3.05) is 0 Å². The molecule has 0 atom stereocenters. The molecule has 0 amide bonds. The lowest BCUT2D eigenvalue weighted by Crippen LogP contribution is -1.99. The zero-order chi connectivity index (χ0) is 20.7. The van der Waals surface area contributed by atoms with E-state index < -0.39 is 12.3 Å². The number of nitrogens with zero attached hydrogens (tertiary/aromatic N) is 4. The predicted octanol–water partition coefficient (Wildman–Crippen LogP) is 4.44. The Morgan fingerprint density at radius 3 is 0.821 bits per heavy atom. The van der Waals surface area contributed by atoms with Gasteiger partial charge in [0, 0.05) is 0 Å². The lowest BCUT2D eigenvalue weighted by Gasteiger charge is -2.05. The second-order valence-electron chi connectivity index (χ2n) is 6.66. The normalized spacial score (nSPS) is 11.9. The molecule has 0 rings (SSSR count). The van der Waals surface area contributed by atoms with Gasteiger partial charge >= 0.3 is 0 Å². The summed E-state index contributed by atoms with van der Waals surface area (Å²) in [6.07, 6.45) is 19.1. The lowest BCUT2D eigenvalue weighted by molar-refractivity contribution is 0.505. The molecular formula is C20H30N4O4. The average molecular weight is 390 g/mol. The summed E-state index contributed by atoms with van der Waals surface area (Å²) in [6.45, 7) is 0. The Morgan fingerprint density at radius 2 is 0.607 bits per heavy atom.